The Labute approximate surface area is 184 Å². The summed E-state index contributed by atoms with van der Waals surface area (Å²) >= 11 is 6.34. The number of rotatable bonds is 6. The highest BCUT2D eigenvalue weighted by atomic mass is 35.5. The molecule has 9 heteroatoms. The van der Waals surface area contributed by atoms with Crippen LogP contribution in [0.5, 0.6) is 0 Å². The van der Waals surface area contributed by atoms with Crippen LogP contribution in [0.15, 0.2) is 47.3 Å². The molecule has 160 valence electrons. The average molecular weight is 439 g/mol. The lowest BCUT2D eigenvalue weighted by Gasteiger charge is -2.17. The van der Waals surface area contributed by atoms with Gasteiger partial charge in [-0.15, -0.1) is 0 Å². The smallest absolute Gasteiger partial charge is 0.294 e. The molecule has 0 saturated carbocycles. The van der Waals surface area contributed by atoms with Crippen molar-refractivity contribution in [3.8, 4) is 0 Å². The maximum atomic E-state index is 13.1. The average Bonchev–Trinajstić information content (AvgIpc) is 3.21. The zero-order chi connectivity index (χ0) is 22.0. The maximum absolute atomic E-state index is 13.1. The number of hydrogen-bond donors (Lipinski definition) is 3. The van der Waals surface area contributed by atoms with Gasteiger partial charge in [0, 0.05) is 18.8 Å². The van der Waals surface area contributed by atoms with Crippen LogP contribution in [0.25, 0.3) is 0 Å². The zero-order valence-electron chi connectivity index (χ0n) is 17.1. The van der Waals surface area contributed by atoms with Crippen LogP contribution in [0.4, 0.5) is 11.6 Å². The molecule has 1 amide bonds. The molecule has 8 nitrogen and oxygen atoms in total. The number of carbonyl (C=O) groups excluding carboxylic acids is 1. The fourth-order valence-corrected chi connectivity index (χ4v) is 4.01. The summed E-state index contributed by atoms with van der Waals surface area (Å²) in [5, 5.41) is 6.19. The normalized spacial score (nSPS) is 14.8. The number of aromatic nitrogens is 3. The Kier molecular flexibility index (Phi) is 5.90. The second-order valence-electron chi connectivity index (χ2n) is 7.47. The number of carbonyl (C=O) groups is 1. The van der Waals surface area contributed by atoms with E-state index in [2.05, 4.69) is 20.6 Å². The largest absolute Gasteiger partial charge is 0.384 e. The molecule has 0 bridgehead atoms. The highest BCUT2D eigenvalue weighted by Crippen LogP contribution is 2.29. The van der Waals surface area contributed by atoms with Crippen LogP contribution < -0.4 is 21.9 Å². The first-order valence-corrected chi connectivity index (χ1v) is 10.4. The van der Waals surface area contributed by atoms with Crippen molar-refractivity contribution in [1.29, 1.82) is 0 Å². The molecule has 0 unspecified atom stereocenters. The Morgan fingerprint density at radius 3 is 2.71 bits per heavy atom. The Morgan fingerprint density at radius 2 is 1.97 bits per heavy atom. The van der Waals surface area contributed by atoms with Gasteiger partial charge in [-0.25, -0.2) is 9.97 Å². The van der Waals surface area contributed by atoms with Gasteiger partial charge in [-0.3, -0.25) is 14.2 Å². The number of pyridine rings is 1. The van der Waals surface area contributed by atoms with E-state index in [9.17, 15) is 9.59 Å². The fourth-order valence-electron chi connectivity index (χ4n) is 3.74. The monoisotopic (exact) mass is 438 g/mol. The minimum absolute atomic E-state index is 0.135. The highest BCUT2D eigenvalue weighted by Gasteiger charge is 2.32. The number of fused-ring (bicyclic) bond motifs is 1. The van der Waals surface area contributed by atoms with Gasteiger partial charge in [0.2, 0.25) is 5.91 Å². The van der Waals surface area contributed by atoms with E-state index in [1.54, 1.807) is 6.07 Å². The molecule has 1 aliphatic rings. The van der Waals surface area contributed by atoms with E-state index < -0.39 is 6.04 Å². The Morgan fingerprint density at radius 1 is 1.19 bits per heavy atom. The van der Waals surface area contributed by atoms with E-state index >= 15 is 0 Å². The number of halogens is 1. The number of nitrogen functional groups attached to an aromatic ring is 1. The van der Waals surface area contributed by atoms with Gasteiger partial charge < -0.3 is 16.4 Å². The van der Waals surface area contributed by atoms with E-state index in [1.165, 1.54) is 4.57 Å². The Bertz CT molecular complexity index is 1180. The number of nitrogens with one attached hydrogen (secondary N) is 2. The predicted octanol–water partition coefficient (Wildman–Crippen LogP) is 2.60. The molecule has 2 aromatic heterocycles. The molecule has 1 aromatic carbocycles. The lowest BCUT2D eigenvalue weighted by atomic mass is 10.1. The van der Waals surface area contributed by atoms with Crippen molar-refractivity contribution in [2.45, 2.75) is 38.9 Å². The molecule has 1 aliphatic heterocycles. The van der Waals surface area contributed by atoms with Crippen molar-refractivity contribution in [2.24, 2.45) is 0 Å². The predicted molar refractivity (Wildman–Crippen MR) is 120 cm³/mol. The van der Waals surface area contributed by atoms with Crippen LogP contribution in [0, 0.1) is 6.92 Å². The van der Waals surface area contributed by atoms with E-state index in [1.807, 2.05) is 43.3 Å². The third kappa shape index (κ3) is 4.39. The van der Waals surface area contributed by atoms with E-state index in [0.717, 1.165) is 16.8 Å². The molecule has 3 heterocycles. The minimum atomic E-state index is -0.637. The molecule has 0 fully saturated rings. The van der Waals surface area contributed by atoms with Gasteiger partial charge in [-0.2, -0.15) is 0 Å². The third-order valence-electron chi connectivity index (χ3n) is 5.40. The summed E-state index contributed by atoms with van der Waals surface area (Å²) in [5.74, 6) is 0.325. The van der Waals surface area contributed by atoms with Crippen LogP contribution in [-0.2, 0) is 24.3 Å². The van der Waals surface area contributed by atoms with Gasteiger partial charge in [0.05, 0.1) is 5.69 Å². The summed E-state index contributed by atoms with van der Waals surface area (Å²) in [6, 6.07) is 12.6. The topological polar surface area (TPSA) is 115 Å². The molecule has 3 aromatic rings. The Hall–Kier alpha value is -3.39. The van der Waals surface area contributed by atoms with Gasteiger partial charge in [-0.1, -0.05) is 48.0 Å². The van der Waals surface area contributed by atoms with Crippen molar-refractivity contribution >= 4 is 29.1 Å². The zero-order valence-corrected chi connectivity index (χ0v) is 17.8. The van der Waals surface area contributed by atoms with Crippen LogP contribution >= 0.6 is 11.6 Å². The van der Waals surface area contributed by atoms with Gasteiger partial charge in [0.15, 0.2) is 11.0 Å². The first-order valence-electron chi connectivity index (χ1n) is 10.0. The standard InChI is InChI=1S/C22H23ClN6O2/c1-13-15(7-10-18(24)27-13)12-26-21(30)17-9-8-16-19(23)28-20(22(31)29(16)17)25-11-14-5-3-2-4-6-14/h2-7,10,17H,8-9,11-12H2,1H3,(H2,24,27)(H,25,28)(H,26,30)/t17-/m0/s1. The van der Waals surface area contributed by atoms with Crippen molar-refractivity contribution in [3.05, 3.63) is 80.5 Å². The van der Waals surface area contributed by atoms with Crippen molar-refractivity contribution in [1.82, 2.24) is 19.9 Å². The summed E-state index contributed by atoms with van der Waals surface area (Å²) in [7, 11) is 0. The summed E-state index contributed by atoms with van der Waals surface area (Å²) < 4.78 is 1.46. The van der Waals surface area contributed by atoms with Gasteiger partial charge in [-0.05, 0) is 37.0 Å². The number of nitrogens with zero attached hydrogens (tertiary/aromatic N) is 3. The molecule has 31 heavy (non-hydrogen) atoms. The number of nitrogens with two attached hydrogens (primary N) is 1. The van der Waals surface area contributed by atoms with Gasteiger partial charge in [0.25, 0.3) is 5.56 Å². The highest BCUT2D eigenvalue weighted by molar-refractivity contribution is 6.30. The molecule has 4 rings (SSSR count). The lowest BCUT2D eigenvalue weighted by molar-refractivity contribution is -0.124. The summed E-state index contributed by atoms with van der Waals surface area (Å²) in [6.45, 7) is 2.57. The second-order valence-corrected chi connectivity index (χ2v) is 7.82. The number of hydrogen-bond acceptors (Lipinski definition) is 6. The molecule has 0 aliphatic carbocycles. The number of anilines is 2. The van der Waals surface area contributed by atoms with Crippen LogP contribution in [0.1, 0.15) is 35.0 Å². The molecular formula is C22H23ClN6O2. The van der Waals surface area contributed by atoms with Crippen LogP contribution in [0.2, 0.25) is 5.15 Å². The Balaban J connectivity index is 1.53. The quantitative estimate of drug-likeness (QED) is 0.545. The number of aryl methyl sites for hydroxylation is 1. The minimum Gasteiger partial charge on any atom is -0.384 e. The van der Waals surface area contributed by atoms with E-state index in [0.29, 0.717) is 37.4 Å². The van der Waals surface area contributed by atoms with Crippen molar-refractivity contribution < 1.29 is 4.79 Å². The van der Waals surface area contributed by atoms with Gasteiger partial charge in [0.1, 0.15) is 11.9 Å². The molecule has 1 atom stereocenters. The summed E-state index contributed by atoms with van der Waals surface area (Å²) in [4.78, 5) is 34.4. The summed E-state index contributed by atoms with van der Waals surface area (Å²) in [6.07, 6.45) is 1.00. The first-order chi connectivity index (χ1) is 14.9. The molecule has 0 saturated heterocycles. The molecular weight excluding hydrogens is 416 g/mol. The van der Waals surface area contributed by atoms with E-state index in [4.69, 9.17) is 17.3 Å². The first kappa shape index (κ1) is 20.9. The fraction of sp³-hybridized carbons (Fsp3) is 0.273. The van der Waals surface area contributed by atoms with Gasteiger partial charge >= 0.3 is 0 Å². The van der Waals surface area contributed by atoms with Crippen molar-refractivity contribution in [2.75, 3.05) is 11.1 Å². The molecule has 0 spiro atoms. The van der Waals surface area contributed by atoms with Crippen molar-refractivity contribution in [3.63, 3.8) is 0 Å². The number of benzene rings is 1. The maximum Gasteiger partial charge on any atom is 0.294 e. The summed E-state index contributed by atoms with van der Waals surface area (Å²) in [5.41, 5.74) is 8.55. The van der Waals surface area contributed by atoms with Crippen LogP contribution in [-0.4, -0.2) is 20.4 Å². The molecule has 4 N–H and O–H groups in total. The van der Waals surface area contributed by atoms with E-state index in [-0.39, 0.29) is 22.4 Å². The van der Waals surface area contributed by atoms with Crippen LogP contribution in [0.3, 0.4) is 0 Å². The lowest BCUT2D eigenvalue weighted by Crippen LogP contribution is -2.36. The SMILES string of the molecule is Cc1nc(N)ccc1CNC(=O)[C@@H]1CCc2c(Cl)nc(NCc3ccccc3)c(=O)n21. The number of amides is 1. The third-order valence-corrected chi connectivity index (χ3v) is 5.70. The second kappa shape index (κ2) is 8.77. The molecule has 0 radical (unpaired) electrons.